The lowest BCUT2D eigenvalue weighted by Crippen LogP contribution is -2.38. The van der Waals surface area contributed by atoms with Gasteiger partial charge in [0, 0.05) is 30.7 Å². The maximum Gasteiger partial charge on any atom is 0.0802 e. The Labute approximate surface area is 136 Å². The van der Waals surface area contributed by atoms with Gasteiger partial charge >= 0.3 is 0 Å². The van der Waals surface area contributed by atoms with Crippen molar-refractivity contribution in [3.05, 3.63) is 34.3 Å². The summed E-state index contributed by atoms with van der Waals surface area (Å²) in [5, 5.41) is 10.4. The first kappa shape index (κ1) is 16.9. The number of hydrogen-bond acceptors (Lipinski definition) is 3. The normalized spacial score (nSPS) is 18.0. The Balaban J connectivity index is 1.87. The van der Waals surface area contributed by atoms with E-state index in [1.807, 2.05) is 24.3 Å². The van der Waals surface area contributed by atoms with Gasteiger partial charge in [-0.1, -0.05) is 28.1 Å². The summed E-state index contributed by atoms with van der Waals surface area (Å²) in [5.74, 6) is 0.838. The topological polar surface area (TPSA) is 32.7 Å². The third kappa shape index (κ3) is 5.37. The molecule has 2 atom stereocenters. The first-order chi connectivity index (χ1) is 10.1. The number of halogens is 1. The highest BCUT2D eigenvalue weighted by Gasteiger charge is 2.31. The molecule has 0 amide bonds. The molecule has 0 saturated heterocycles. The van der Waals surface area contributed by atoms with E-state index in [-0.39, 0.29) is 0 Å². The van der Waals surface area contributed by atoms with Gasteiger partial charge in [-0.15, -0.1) is 0 Å². The highest BCUT2D eigenvalue weighted by molar-refractivity contribution is 9.10. The molecule has 0 heterocycles. The summed E-state index contributed by atoms with van der Waals surface area (Å²) in [7, 11) is 1.75. The predicted molar refractivity (Wildman–Crippen MR) is 89.4 cm³/mol. The molecule has 1 aliphatic carbocycles. The summed E-state index contributed by atoms with van der Waals surface area (Å²) < 4.78 is 6.23. The standard InChI is InChI=1S/C17H26BrNO2/c1-13(14-6-7-14)19(10-11-21-2)9-8-17(20)15-4-3-5-16(18)12-15/h3-5,12-14,17,20H,6-11H2,1-2H3. The van der Waals surface area contributed by atoms with Crippen LogP contribution in [0.4, 0.5) is 0 Å². The third-order valence-corrected chi connectivity index (χ3v) is 4.88. The zero-order valence-electron chi connectivity index (χ0n) is 13.0. The van der Waals surface area contributed by atoms with E-state index in [2.05, 4.69) is 27.8 Å². The predicted octanol–water partition coefficient (Wildman–Crippen LogP) is 3.62. The van der Waals surface area contributed by atoms with Crippen molar-refractivity contribution in [3.63, 3.8) is 0 Å². The SMILES string of the molecule is COCCN(CCC(O)c1cccc(Br)c1)C(C)C1CC1. The maximum atomic E-state index is 10.4. The minimum absolute atomic E-state index is 0.404. The summed E-state index contributed by atoms with van der Waals surface area (Å²) in [5.41, 5.74) is 0.982. The molecule has 1 aliphatic rings. The molecule has 0 bridgehead atoms. The first-order valence-corrected chi connectivity index (χ1v) is 8.57. The number of rotatable bonds is 9. The highest BCUT2D eigenvalue weighted by Crippen LogP contribution is 2.35. The Morgan fingerprint density at radius 3 is 2.76 bits per heavy atom. The number of aliphatic hydroxyl groups is 1. The minimum atomic E-state index is -0.404. The number of hydrogen-bond donors (Lipinski definition) is 1. The van der Waals surface area contributed by atoms with E-state index in [0.29, 0.717) is 6.04 Å². The van der Waals surface area contributed by atoms with Gasteiger partial charge in [-0.3, -0.25) is 4.90 Å². The Bertz CT molecular complexity index is 437. The monoisotopic (exact) mass is 355 g/mol. The second kappa shape index (κ2) is 8.28. The Kier molecular flexibility index (Phi) is 6.68. The smallest absolute Gasteiger partial charge is 0.0802 e. The lowest BCUT2D eigenvalue weighted by atomic mass is 10.1. The number of methoxy groups -OCH3 is 1. The van der Waals surface area contributed by atoms with E-state index in [0.717, 1.165) is 42.1 Å². The minimum Gasteiger partial charge on any atom is -0.388 e. The fourth-order valence-electron chi connectivity index (χ4n) is 2.77. The largest absolute Gasteiger partial charge is 0.388 e. The Hall–Kier alpha value is -0.420. The number of aliphatic hydroxyl groups excluding tert-OH is 1. The lowest BCUT2D eigenvalue weighted by molar-refractivity contribution is 0.0917. The average Bonchev–Trinajstić information content (AvgIpc) is 3.31. The number of ether oxygens (including phenoxy) is 1. The molecule has 0 radical (unpaired) electrons. The first-order valence-electron chi connectivity index (χ1n) is 7.78. The maximum absolute atomic E-state index is 10.4. The van der Waals surface area contributed by atoms with E-state index < -0.39 is 6.10 Å². The van der Waals surface area contributed by atoms with Gasteiger partial charge in [-0.2, -0.15) is 0 Å². The molecule has 1 fully saturated rings. The molecule has 0 spiro atoms. The van der Waals surface area contributed by atoms with Gasteiger partial charge in [-0.05, 0) is 49.8 Å². The molecule has 1 aromatic carbocycles. The van der Waals surface area contributed by atoms with Crippen molar-refractivity contribution >= 4 is 15.9 Å². The van der Waals surface area contributed by atoms with E-state index in [9.17, 15) is 5.11 Å². The quantitative estimate of drug-likeness (QED) is 0.734. The van der Waals surface area contributed by atoms with E-state index in [1.54, 1.807) is 7.11 Å². The molecule has 4 heteroatoms. The second-order valence-corrected chi connectivity index (χ2v) is 6.88. The van der Waals surface area contributed by atoms with Crippen molar-refractivity contribution in [1.29, 1.82) is 0 Å². The Morgan fingerprint density at radius 1 is 1.38 bits per heavy atom. The highest BCUT2D eigenvalue weighted by atomic mass is 79.9. The third-order valence-electron chi connectivity index (χ3n) is 4.39. The molecule has 1 N–H and O–H groups in total. The van der Waals surface area contributed by atoms with Gasteiger partial charge in [0.05, 0.1) is 12.7 Å². The van der Waals surface area contributed by atoms with Crippen LogP contribution in [0.15, 0.2) is 28.7 Å². The number of benzene rings is 1. The molecular formula is C17H26BrNO2. The zero-order chi connectivity index (χ0) is 15.2. The van der Waals surface area contributed by atoms with Crippen LogP contribution in [0.1, 0.15) is 37.9 Å². The lowest BCUT2D eigenvalue weighted by Gasteiger charge is -2.29. The fourth-order valence-corrected chi connectivity index (χ4v) is 3.19. The summed E-state index contributed by atoms with van der Waals surface area (Å²) in [6, 6.07) is 8.53. The fraction of sp³-hybridized carbons (Fsp3) is 0.647. The molecule has 0 aliphatic heterocycles. The molecule has 1 saturated carbocycles. The second-order valence-electron chi connectivity index (χ2n) is 5.97. The summed E-state index contributed by atoms with van der Waals surface area (Å²) in [6.45, 7) is 4.91. The van der Waals surface area contributed by atoms with Crippen molar-refractivity contribution in [1.82, 2.24) is 4.90 Å². The van der Waals surface area contributed by atoms with Gasteiger partial charge < -0.3 is 9.84 Å². The van der Waals surface area contributed by atoms with E-state index in [4.69, 9.17) is 4.74 Å². The van der Waals surface area contributed by atoms with Crippen LogP contribution in [0.3, 0.4) is 0 Å². The summed E-state index contributed by atoms with van der Waals surface area (Å²) >= 11 is 3.46. The molecule has 3 nitrogen and oxygen atoms in total. The van der Waals surface area contributed by atoms with Gasteiger partial charge in [0.1, 0.15) is 0 Å². The van der Waals surface area contributed by atoms with Crippen molar-refractivity contribution in [2.45, 2.75) is 38.3 Å². The van der Waals surface area contributed by atoms with Gasteiger partial charge in [-0.25, -0.2) is 0 Å². The van der Waals surface area contributed by atoms with Crippen molar-refractivity contribution in [2.24, 2.45) is 5.92 Å². The van der Waals surface area contributed by atoms with Crippen LogP contribution < -0.4 is 0 Å². The van der Waals surface area contributed by atoms with Crippen LogP contribution in [0.2, 0.25) is 0 Å². The van der Waals surface area contributed by atoms with Crippen LogP contribution in [0.5, 0.6) is 0 Å². The Morgan fingerprint density at radius 2 is 2.14 bits per heavy atom. The van der Waals surface area contributed by atoms with Crippen LogP contribution in [-0.4, -0.2) is 42.9 Å². The van der Waals surface area contributed by atoms with Gasteiger partial charge in [0.15, 0.2) is 0 Å². The zero-order valence-corrected chi connectivity index (χ0v) is 14.6. The van der Waals surface area contributed by atoms with Crippen molar-refractivity contribution in [2.75, 3.05) is 26.8 Å². The van der Waals surface area contributed by atoms with Crippen LogP contribution in [0, 0.1) is 5.92 Å². The molecular weight excluding hydrogens is 330 g/mol. The molecule has 2 rings (SSSR count). The van der Waals surface area contributed by atoms with Gasteiger partial charge in [0.2, 0.25) is 0 Å². The molecule has 1 aromatic rings. The number of nitrogens with zero attached hydrogens (tertiary/aromatic N) is 1. The van der Waals surface area contributed by atoms with Crippen molar-refractivity contribution in [3.8, 4) is 0 Å². The van der Waals surface area contributed by atoms with E-state index >= 15 is 0 Å². The van der Waals surface area contributed by atoms with Crippen LogP contribution in [-0.2, 0) is 4.74 Å². The summed E-state index contributed by atoms with van der Waals surface area (Å²) in [4.78, 5) is 2.46. The molecule has 21 heavy (non-hydrogen) atoms. The van der Waals surface area contributed by atoms with E-state index in [1.165, 1.54) is 12.8 Å². The molecule has 118 valence electrons. The van der Waals surface area contributed by atoms with Crippen LogP contribution in [0.25, 0.3) is 0 Å². The molecule has 0 aromatic heterocycles. The average molecular weight is 356 g/mol. The van der Waals surface area contributed by atoms with Gasteiger partial charge in [0.25, 0.3) is 0 Å². The summed E-state index contributed by atoms with van der Waals surface area (Å²) in [6.07, 6.45) is 3.05. The van der Waals surface area contributed by atoms with Crippen molar-refractivity contribution < 1.29 is 9.84 Å². The molecule has 2 unspecified atom stereocenters. The van der Waals surface area contributed by atoms with Crippen LogP contribution >= 0.6 is 15.9 Å².